The van der Waals surface area contributed by atoms with E-state index >= 15 is 0 Å². The first-order valence-electron chi connectivity index (χ1n) is 2.97. The Kier molecular flexibility index (Phi) is 0.974. The van der Waals surface area contributed by atoms with Crippen LogP contribution in [0.1, 0.15) is 0 Å². The Morgan fingerprint density at radius 1 is 1.20 bits per heavy atom. The Hall–Kier alpha value is -1.38. The quantitative estimate of drug-likeness (QED) is 0.548. The monoisotopic (exact) mass is 136 g/mol. The Bertz CT molecular complexity index is 260. The lowest BCUT2D eigenvalue weighted by molar-refractivity contribution is 0.174. The number of fused-ring (bicyclic) bond motifs is 1. The predicted molar refractivity (Wildman–Crippen MR) is 36.5 cm³/mol. The molecule has 52 valence electrons. The summed E-state index contributed by atoms with van der Waals surface area (Å²) in [5.41, 5.74) is 7.68. The van der Waals surface area contributed by atoms with Crippen LogP contribution in [-0.2, 0) is 0 Å². The van der Waals surface area contributed by atoms with Crippen LogP contribution in [0.2, 0.25) is 0 Å². The third-order valence-electron chi connectivity index (χ3n) is 1.37. The molecule has 0 amide bonds. The molecule has 1 N–H and O–H groups in total. The molecule has 0 aromatic heterocycles. The van der Waals surface area contributed by atoms with Crippen molar-refractivity contribution in [1.82, 2.24) is 0 Å². The van der Waals surface area contributed by atoms with E-state index in [1.54, 1.807) is 18.2 Å². The van der Waals surface area contributed by atoms with Crippen LogP contribution in [0.5, 0.6) is 11.5 Å². The summed E-state index contributed by atoms with van der Waals surface area (Å²) in [6.07, 6.45) is 0. The van der Waals surface area contributed by atoms with Gasteiger partial charge in [-0.2, -0.15) is 0 Å². The van der Waals surface area contributed by atoms with Crippen molar-refractivity contribution in [1.29, 1.82) is 0 Å². The Morgan fingerprint density at radius 2 is 2.00 bits per heavy atom. The second-order valence-corrected chi connectivity index (χ2v) is 2.07. The summed E-state index contributed by atoms with van der Waals surface area (Å²) in [7, 11) is 0. The van der Waals surface area contributed by atoms with Crippen LogP contribution >= 0.6 is 0 Å². The zero-order valence-electron chi connectivity index (χ0n) is 5.26. The minimum atomic E-state index is 0.277. The standard InChI is InChI=1S/C7H6NO2/c8-5-1-2-6-7(3-5)10-4-9-6/h1-3,8H,4H2/q-1. The predicted octanol–water partition coefficient (Wildman–Crippen LogP) is 2.10. The highest BCUT2D eigenvalue weighted by molar-refractivity contribution is 5.55. The number of hydrogen-bond acceptors (Lipinski definition) is 2. The lowest BCUT2D eigenvalue weighted by Crippen LogP contribution is -1.92. The maximum atomic E-state index is 7.23. The zero-order valence-corrected chi connectivity index (χ0v) is 5.26. The number of ether oxygens (including phenoxy) is 2. The highest BCUT2D eigenvalue weighted by atomic mass is 16.7. The molecule has 0 unspecified atom stereocenters. The van der Waals surface area contributed by atoms with Crippen LogP contribution in [0, 0.1) is 0 Å². The van der Waals surface area contributed by atoms with Crippen molar-refractivity contribution in [2.45, 2.75) is 0 Å². The molecule has 0 bridgehead atoms. The Morgan fingerprint density at radius 3 is 2.90 bits per heavy atom. The summed E-state index contributed by atoms with van der Waals surface area (Å²) < 4.78 is 10.1. The van der Waals surface area contributed by atoms with E-state index in [0.717, 1.165) is 5.75 Å². The first-order chi connectivity index (χ1) is 4.86. The van der Waals surface area contributed by atoms with E-state index in [-0.39, 0.29) is 6.79 Å². The SMILES string of the molecule is [NH-]c1ccc2c(c1)OCO2. The molecule has 10 heavy (non-hydrogen) atoms. The van der Waals surface area contributed by atoms with E-state index in [1.807, 2.05) is 0 Å². The molecule has 1 heterocycles. The smallest absolute Gasteiger partial charge is 0.231 e. The number of hydrogen-bond donors (Lipinski definition) is 0. The van der Waals surface area contributed by atoms with Gasteiger partial charge in [-0.15, -0.1) is 5.69 Å². The van der Waals surface area contributed by atoms with Gasteiger partial charge in [-0.1, -0.05) is 6.07 Å². The van der Waals surface area contributed by atoms with Crippen molar-refractivity contribution >= 4 is 5.69 Å². The van der Waals surface area contributed by atoms with Crippen molar-refractivity contribution in [2.75, 3.05) is 6.79 Å². The molecule has 1 aromatic carbocycles. The normalized spacial score (nSPS) is 13.6. The van der Waals surface area contributed by atoms with Crippen molar-refractivity contribution in [2.24, 2.45) is 0 Å². The maximum Gasteiger partial charge on any atom is 0.231 e. The molecule has 1 aromatic rings. The first kappa shape index (κ1) is 5.41. The largest absolute Gasteiger partial charge is 0.699 e. The van der Waals surface area contributed by atoms with Gasteiger partial charge in [0.25, 0.3) is 0 Å². The summed E-state index contributed by atoms with van der Waals surface area (Å²) >= 11 is 0. The molecular weight excluding hydrogens is 130 g/mol. The minimum absolute atomic E-state index is 0.277. The van der Waals surface area contributed by atoms with Crippen molar-refractivity contribution < 1.29 is 9.47 Å². The van der Waals surface area contributed by atoms with Gasteiger partial charge in [0, 0.05) is 0 Å². The van der Waals surface area contributed by atoms with Crippen LogP contribution in [-0.4, -0.2) is 6.79 Å². The average molecular weight is 136 g/mol. The number of benzene rings is 1. The molecule has 2 rings (SSSR count). The summed E-state index contributed by atoms with van der Waals surface area (Å²) in [6, 6.07) is 5.06. The number of rotatable bonds is 0. The Labute approximate surface area is 58.4 Å². The van der Waals surface area contributed by atoms with Crippen LogP contribution in [0.4, 0.5) is 5.69 Å². The average Bonchev–Trinajstić information content (AvgIpc) is 2.33. The van der Waals surface area contributed by atoms with Crippen LogP contribution in [0.3, 0.4) is 0 Å². The maximum absolute atomic E-state index is 7.23. The van der Waals surface area contributed by atoms with E-state index in [9.17, 15) is 0 Å². The molecule has 0 radical (unpaired) electrons. The van der Waals surface area contributed by atoms with E-state index in [1.165, 1.54) is 0 Å². The molecule has 0 atom stereocenters. The van der Waals surface area contributed by atoms with Crippen molar-refractivity contribution in [3.63, 3.8) is 0 Å². The molecule has 0 spiro atoms. The minimum Gasteiger partial charge on any atom is -0.699 e. The Balaban J connectivity index is 2.52. The van der Waals surface area contributed by atoms with Gasteiger partial charge in [0.2, 0.25) is 6.79 Å². The molecule has 1 aliphatic heterocycles. The fourth-order valence-corrected chi connectivity index (χ4v) is 0.897. The molecule has 3 nitrogen and oxygen atoms in total. The molecule has 1 aliphatic rings. The topological polar surface area (TPSA) is 42.3 Å². The van der Waals surface area contributed by atoms with Crippen LogP contribution in [0.25, 0.3) is 5.73 Å². The lowest BCUT2D eigenvalue weighted by atomic mass is 10.3. The van der Waals surface area contributed by atoms with Gasteiger partial charge in [-0.25, -0.2) is 0 Å². The first-order valence-corrected chi connectivity index (χ1v) is 2.97. The van der Waals surface area contributed by atoms with E-state index in [0.29, 0.717) is 11.4 Å². The van der Waals surface area contributed by atoms with Gasteiger partial charge in [0.15, 0.2) is 11.5 Å². The van der Waals surface area contributed by atoms with E-state index in [2.05, 4.69) is 0 Å². The van der Waals surface area contributed by atoms with Gasteiger partial charge in [0.05, 0.1) is 0 Å². The van der Waals surface area contributed by atoms with Gasteiger partial charge in [-0.05, 0) is 12.1 Å². The van der Waals surface area contributed by atoms with Gasteiger partial charge in [0.1, 0.15) is 0 Å². The highest BCUT2D eigenvalue weighted by Crippen LogP contribution is 2.34. The molecule has 0 fully saturated rings. The highest BCUT2D eigenvalue weighted by Gasteiger charge is 2.10. The third kappa shape index (κ3) is 0.673. The molecule has 0 saturated heterocycles. The van der Waals surface area contributed by atoms with Gasteiger partial charge in [-0.3, -0.25) is 0 Å². The fraction of sp³-hybridized carbons (Fsp3) is 0.143. The van der Waals surface area contributed by atoms with Gasteiger partial charge < -0.3 is 15.2 Å². The zero-order chi connectivity index (χ0) is 6.97. The lowest BCUT2D eigenvalue weighted by Gasteiger charge is -2.01. The van der Waals surface area contributed by atoms with E-state index < -0.39 is 0 Å². The summed E-state index contributed by atoms with van der Waals surface area (Å²) in [6.45, 7) is 0.277. The molecular formula is C7H6NO2-. The summed E-state index contributed by atoms with van der Waals surface area (Å²) in [5, 5.41) is 0. The molecule has 3 heteroatoms. The second-order valence-electron chi connectivity index (χ2n) is 2.07. The molecule has 0 aliphatic carbocycles. The van der Waals surface area contributed by atoms with Gasteiger partial charge >= 0.3 is 0 Å². The van der Waals surface area contributed by atoms with Crippen molar-refractivity contribution in [3.8, 4) is 11.5 Å². The summed E-state index contributed by atoms with van der Waals surface area (Å²) in [4.78, 5) is 0. The third-order valence-corrected chi connectivity index (χ3v) is 1.37. The second kappa shape index (κ2) is 1.80. The van der Waals surface area contributed by atoms with E-state index in [4.69, 9.17) is 15.2 Å². The number of nitrogens with one attached hydrogen (secondary N) is 1. The fourth-order valence-electron chi connectivity index (χ4n) is 0.897. The summed E-state index contributed by atoms with van der Waals surface area (Å²) in [5.74, 6) is 1.41. The van der Waals surface area contributed by atoms with Crippen LogP contribution in [0.15, 0.2) is 18.2 Å². The van der Waals surface area contributed by atoms with Crippen LogP contribution < -0.4 is 9.47 Å². The molecule has 0 saturated carbocycles. The van der Waals surface area contributed by atoms with Crippen molar-refractivity contribution in [3.05, 3.63) is 23.9 Å².